The smallest absolute Gasteiger partial charge is 0.121 e. The van der Waals surface area contributed by atoms with Crippen LogP contribution < -0.4 is 0 Å². The van der Waals surface area contributed by atoms with E-state index in [0.717, 1.165) is 53.8 Å². The largest absolute Gasteiger partial charge is 0.501 e. The summed E-state index contributed by atoms with van der Waals surface area (Å²) in [4.78, 5) is 4.66. The van der Waals surface area contributed by atoms with Crippen molar-refractivity contribution in [3.05, 3.63) is 90.6 Å². The predicted molar refractivity (Wildman–Crippen MR) is 150 cm³/mol. The van der Waals surface area contributed by atoms with Gasteiger partial charge in [-0.2, -0.15) is 0 Å². The Labute approximate surface area is 231 Å². The van der Waals surface area contributed by atoms with Crippen LogP contribution in [0.15, 0.2) is 83.4 Å². The normalized spacial score (nSPS) is 11.0. The molecule has 0 atom stereocenters. The van der Waals surface area contributed by atoms with Crippen LogP contribution in [0.2, 0.25) is 0 Å². The zero-order valence-electron chi connectivity index (χ0n) is 21.8. The van der Waals surface area contributed by atoms with Crippen molar-refractivity contribution in [2.24, 2.45) is 5.41 Å². The molecule has 6 aromatic rings. The van der Waals surface area contributed by atoms with Crippen molar-refractivity contribution >= 4 is 43.5 Å². The van der Waals surface area contributed by atoms with Gasteiger partial charge in [-0.25, -0.2) is 0 Å². The van der Waals surface area contributed by atoms with Crippen molar-refractivity contribution in [2.45, 2.75) is 27.2 Å². The van der Waals surface area contributed by atoms with Crippen molar-refractivity contribution in [1.82, 2.24) is 4.98 Å². The van der Waals surface area contributed by atoms with Gasteiger partial charge in [-0.05, 0) is 57.3 Å². The van der Waals surface area contributed by atoms with Crippen molar-refractivity contribution in [3.8, 4) is 11.3 Å². The number of hydrogen-bond donors (Lipinski definition) is 2. The number of aliphatic hydroxyl groups is 2. The summed E-state index contributed by atoms with van der Waals surface area (Å²) in [5, 5.41) is 21.2. The van der Waals surface area contributed by atoms with E-state index < -0.39 is 0 Å². The van der Waals surface area contributed by atoms with Gasteiger partial charge in [-0.1, -0.05) is 79.7 Å². The minimum absolute atomic E-state index is 0. The van der Waals surface area contributed by atoms with Gasteiger partial charge in [0.1, 0.15) is 5.58 Å². The van der Waals surface area contributed by atoms with Crippen LogP contribution in [0.1, 0.15) is 26.3 Å². The first-order valence-electron chi connectivity index (χ1n) is 12.0. The maximum absolute atomic E-state index is 7.00. The molecule has 0 aliphatic heterocycles. The van der Waals surface area contributed by atoms with Crippen molar-refractivity contribution in [2.75, 3.05) is 14.2 Å². The topological polar surface area (TPSA) is 66.5 Å². The second kappa shape index (κ2) is 12.0. The Morgan fingerprint density at radius 3 is 2.27 bits per heavy atom. The van der Waals surface area contributed by atoms with Crippen molar-refractivity contribution < 1.29 is 34.7 Å². The van der Waals surface area contributed by atoms with Gasteiger partial charge in [0.15, 0.2) is 0 Å². The average molecular weight is 671 g/mol. The van der Waals surface area contributed by atoms with E-state index in [1.54, 1.807) is 0 Å². The summed E-state index contributed by atoms with van der Waals surface area (Å²) in [5.41, 5.74) is 5.07. The minimum atomic E-state index is 0. The van der Waals surface area contributed by atoms with Crippen LogP contribution in [0, 0.1) is 11.5 Å². The van der Waals surface area contributed by atoms with Crippen LogP contribution in [-0.4, -0.2) is 29.4 Å². The molecular formula is C32H32IrNO3-. The fourth-order valence-corrected chi connectivity index (χ4v) is 4.77. The van der Waals surface area contributed by atoms with Gasteiger partial charge >= 0.3 is 0 Å². The molecule has 0 aliphatic rings. The molecule has 37 heavy (non-hydrogen) atoms. The Kier molecular flexibility index (Phi) is 9.22. The Morgan fingerprint density at radius 1 is 0.784 bits per heavy atom. The molecular weight excluding hydrogens is 639 g/mol. The molecule has 0 bridgehead atoms. The van der Waals surface area contributed by atoms with Crippen LogP contribution in [0.5, 0.6) is 0 Å². The Morgan fingerprint density at radius 2 is 1.51 bits per heavy atom. The molecule has 0 spiro atoms. The first kappa shape index (κ1) is 28.5. The third-order valence-corrected chi connectivity index (χ3v) is 6.11. The van der Waals surface area contributed by atoms with Crippen LogP contribution in [0.3, 0.4) is 0 Å². The first-order valence-corrected chi connectivity index (χ1v) is 12.0. The zero-order chi connectivity index (χ0) is 25.9. The molecule has 0 saturated heterocycles. The van der Waals surface area contributed by atoms with Crippen LogP contribution in [0.25, 0.3) is 54.7 Å². The number of aromatic nitrogens is 1. The van der Waals surface area contributed by atoms with Crippen LogP contribution >= 0.6 is 0 Å². The number of hydrogen-bond acceptors (Lipinski definition) is 4. The van der Waals surface area contributed by atoms with Crippen molar-refractivity contribution in [1.29, 1.82) is 0 Å². The number of furan rings is 1. The molecule has 0 fully saturated rings. The molecule has 6 rings (SSSR count). The van der Waals surface area contributed by atoms with E-state index in [9.17, 15) is 0 Å². The number of pyridine rings is 1. The Bertz CT molecular complexity index is 1650. The monoisotopic (exact) mass is 671 g/mol. The van der Waals surface area contributed by atoms with E-state index in [2.05, 4.69) is 98.6 Å². The summed E-state index contributed by atoms with van der Waals surface area (Å²) in [7, 11) is 2.00. The molecule has 2 heterocycles. The number of rotatable bonds is 2. The number of fused-ring (bicyclic) bond motifs is 6. The maximum Gasteiger partial charge on any atom is 0.121 e. The van der Waals surface area contributed by atoms with E-state index in [-0.39, 0.29) is 25.5 Å². The SMILES string of the molecule is CC(C)(C)Cc1ccnc(-c2[c-]ccc3c2oc2cc4c(ccc5ccccc54)cc23)c1.CO.CO.[Ir]. The zero-order valence-corrected chi connectivity index (χ0v) is 24.2. The van der Waals surface area contributed by atoms with E-state index in [1.165, 1.54) is 27.1 Å². The predicted octanol–water partition coefficient (Wildman–Crippen LogP) is 7.56. The maximum atomic E-state index is 7.00. The second-order valence-electron chi connectivity index (χ2n) is 9.84. The van der Waals surface area contributed by atoms with Gasteiger partial charge in [0.2, 0.25) is 0 Å². The van der Waals surface area contributed by atoms with E-state index >= 15 is 0 Å². The quantitative estimate of drug-likeness (QED) is 0.148. The number of aliphatic hydroxyl groups excluding tert-OH is 2. The van der Waals surface area contributed by atoms with Gasteiger partial charge < -0.3 is 19.6 Å². The van der Waals surface area contributed by atoms with E-state index in [4.69, 9.17) is 14.6 Å². The summed E-state index contributed by atoms with van der Waals surface area (Å²) >= 11 is 0. The summed E-state index contributed by atoms with van der Waals surface area (Å²) < 4.78 is 6.46. The fraction of sp³-hybridized carbons (Fsp3) is 0.219. The Balaban J connectivity index is 0.000000727. The molecule has 1 radical (unpaired) electrons. The summed E-state index contributed by atoms with van der Waals surface area (Å²) in [5.74, 6) is 0. The third-order valence-electron chi connectivity index (χ3n) is 6.11. The third kappa shape index (κ3) is 5.76. The molecule has 2 aromatic heterocycles. The van der Waals surface area contributed by atoms with E-state index in [0.29, 0.717) is 0 Å². The van der Waals surface area contributed by atoms with Gasteiger partial charge in [-0.15, -0.1) is 18.2 Å². The number of benzene rings is 4. The van der Waals surface area contributed by atoms with Gasteiger partial charge in [0, 0.05) is 45.9 Å². The molecule has 4 nitrogen and oxygen atoms in total. The van der Waals surface area contributed by atoms with Crippen molar-refractivity contribution in [3.63, 3.8) is 0 Å². The molecule has 0 unspecified atom stereocenters. The van der Waals surface area contributed by atoms with Gasteiger partial charge in [0.25, 0.3) is 0 Å². The number of nitrogens with zero attached hydrogens (tertiary/aromatic N) is 1. The molecule has 0 saturated carbocycles. The Hall–Kier alpha value is -3.08. The van der Waals surface area contributed by atoms with Gasteiger partial charge in [-0.3, -0.25) is 0 Å². The minimum Gasteiger partial charge on any atom is -0.501 e. The first-order chi connectivity index (χ1) is 17.5. The standard InChI is InChI=1S/C30H24NO.2CH4O.Ir/c1-30(2,3)18-19-13-14-31-27(15-19)24-10-6-9-23-26-16-21-12-11-20-7-4-5-8-22(20)25(21)17-28(26)32-29(23)24;2*1-2;/h4-9,11-17H,18H2,1-3H3;2*2H,1H3;/q-1;;;. The molecule has 0 amide bonds. The van der Waals surface area contributed by atoms with Gasteiger partial charge in [0.05, 0.1) is 5.58 Å². The fourth-order valence-electron chi connectivity index (χ4n) is 4.77. The summed E-state index contributed by atoms with van der Waals surface area (Å²) in [6.45, 7) is 6.77. The molecule has 4 aromatic carbocycles. The average Bonchev–Trinajstić information content (AvgIpc) is 3.26. The van der Waals surface area contributed by atoms with E-state index in [1.807, 2.05) is 12.3 Å². The van der Waals surface area contributed by atoms with Crippen LogP contribution in [-0.2, 0) is 26.5 Å². The second-order valence-corrected chi connectivity index (χ2v) is 9.84. The molecule has 193 valence electrons. The summed E-state index contributed by atoms with van der Waals surface area (Å²) in [6, 6.07) is 29.1. The summed E-state index contributed by atoms with van der Waals surface area (Å²) in [6.07, 6.45) is 2.89. The molecule has 2 N–H and O–H groups in total. The molecule has 5 heteroatoms. The molecule has 0 aliphatic carbocycles. The van der Waals surface area contributed by atoms with Crippen LogP contribution in [0.4, 0.5) is 0 Å².